The van der Waals surface area contributed by atoms with Crippen LogP contribution in [0.25, 0.3) is 0 Å². The molecule has 1 amide bonds. The first-order chi connectivity index (χ1) is 13.9. The second-order valence-corrected chi connectivity index (χ2v) is 8.08. The molecular weight excluding hydrogens is 458 g/mol. The topological polar surface area (TPSA) is 92.7 Å². The molecule has 0 heterocycles. The Bertz CT molecular complexity index is 859. The van der Waals surface area contributed by atoms with Gasteiger partial charge in [0.15, 0.2) is 5.78 Å². The Labute approximate surface area is 182 Å². The van der Waals surface area contributed by atoms with Gasteiger partial charge in [-0.15, -0.1) is 0 Å². The summed E-state index contributed by atoms with van der Waals surface area (Å²) in [5.41, 5.74) is 1.50. The number of rotatable bonds is 11. The van der Waals surface area contributed by atoms with E-state index < -0.39 is 18.4 Å². The van der Waals surface area contributed by atoms with Crippen LogP contribution in [0.15, 0.2) is 53.0 Å². The third-order valence-electron chi connectivity index (χ3n) is 4.15. The van der Waals surface area contributed by atoms with Gasteiger partial charge in [-0.2, -0.15) is 11.8 Å². The molecule has 29 heavy (non-hydrogen) atoms. The van der Waals surface area contributed by atoms with Gasteiger partial charge in [-0.05, 0) is 40.0 Å². The van der Waals surface area contributed by atoms with Crippen molar-refractivity contribution in [2.24, 2.45) is 5.92 Å². The Morgan fingerprint density at radius 1 is 1.14 bits per heavy atom. The molecule has 6 nitrogen and oxygen atoms in total. The van der Waals surface area contributed by atoms with E-state index in [-0.39, 0.29) is 17.4 Å². The summed E-state index contributed by atoms with van der Waals surface area (Å²) in [6.07, 6.45) is 0.469. The van der Waals surface area contributed by atoms with E-state index in [1.54, 1.807) is 18.2 Å². The van der Waals surface area contributed by atoms with E-state index in [0.717, 1.165) is 5.56 Å². The van der Waals surface area contributed by atoms with Crippen LogP contribution in [0, 0.1) is 5.92 Å². The van der Waals surface area contributed by atoms with Gasteiger partial charge in [-0.25, -0.2) is 0 Å². The Morgan fingerprint density at radius 2 is 1.86 bits per heavy atom. The first kappa shape index (κ1) is 23.0. The molecule has 0 bridgehead atoms. The number of amides is 1. The maximum Gasteiger partial charge on any atom is 0.322 e. The zero-order valence-electron chi connectivity index (χ0n) is 15.9. The fourth-order valence-electron chi connectivity index (χ4n) is 2.69. The van der Waals surface area contributed by atoms with Gasteiger partial charge in [0, 0.05) is 11.3 Å². The van der Waals surface area contributed by atoms with E-state index in [4.69, 9.17) is 9.84 Å². The minimum absolute atomic E-state index is 0.0785. The van der Waals surface area contributed by atoms with Crippen LogP contribution in [0.3, 0.4) is 0 Å². The van der Waals surface area contributed by atoms with E-state index in [1.165, 1.54) is 18.9 Å². The number of Topliss-reactive ketones (excluding diaryl/α,β-unsaturated/α-hetero) is 1. The number of halogens is 1. The number of ether oxygens (including phenoxy) is 1. The highest BCUT2D eigenvalue weighted by molar-refractivity contribution is 9.10. The first-order valence-electron chi connectivity index (χ1n) is 8.89. The summed E-state index contributed by atoms with van der Waals surface area (Å²) in [5, 5.41) is 11.2. The number of aliphatic carboxylic acids is 1. The molecule has 154 valence electrons. The number of carbonyl (C=O) groups excluding carboxylic acids is 2. The second-order valence-electron chi connectivity index (χ2n) is 6.26. The molecule has 0 saturated heterocycles. The smallest absolute Gasteiger partial charge is 0.322 e. The number of hydrogen-bond acceptors (Lipinski definition) is 5. The van der Waals surface area contributed by atoms with E-state index >= 15 is 0 Å². The molecule has 2 aromatic rings. The predicted octanol–water partition coefficient (Wildman–Crippen LogP) is 3.43. The molecule has 0 spiro atoms. The second kappa shape index (κ2) is 11.6. The number of thioether (sulfide) groups is 1. The first-order valence-corrected chi connectivity index (χ1v) is 10.8. The third-order valence-corrected chi connectivity index (χ3v) is 6.07. The largest absolute Gasteiger partial charge is 0.496 e. The van der Waals surface area contributed by atoms with E-state index in [9.17, 15) is 14.4 Å². The van der Waals surface area contributed by atoms with Gasteiger partial charge >= 0.3 is 5.97 Å². The molecule has 0 fully saturated rings. The molecule has 1 atom stereocenters. The lowest BCUT2D eigenvalue weighted by Crippen LogP contribution is -2.36. The van der Waals surface area contributed by atoms with Crippen LogP contribution < -0.4 is 10.1 Å². The van der Waals surface area contributed by atoms with Gasteiger partial charge in [0.2, 0.25) is 5.91 Å². The summed E-state index contributed by atoms with van der Waals surface area (Å²) in [6.45, 7) is -0.426. The molecule has 0 aromatic heterocycles. The van der Waals surface area contributed by atoms with Crippen molar-refractivity contribution in [3.63, 3.8) is 0 Å². The molecule has 1 unspecified atom stereocenters. The number of carboxylic acid groups (broad SMARTS) is 1. The quantitative estimate of drug-likeness (QED) is 0.479. The lowest BCUT2D eigenvalue weighted by molar-refractivity contribution is -0.138. The highest BCUT2D eigenvalue weighted by Gasteiger charge is 2.21. The van der Waals surface area contributed by atoms with Crippen molar-refractivity contribution in [3.05, 3.63) is 64.1 Å². The minimum Gasteiger partial charge on any atom is -0.496 e. The van der Waals surface area contributed by atoms with Crippen LogP contribution in [-0.2, 0) is 16.0 Å². The SMILES string of the molecule is COc1cccc(C(=O)CSCC(Cc2ccccc2)C(=O)NCC(=O)O)c1Br. The van der Waals surface area contributed by atoms with Crippen LogP contribution in [0.5, 0.6) is 5.75 Å². The molecule has 2 N–H and O–H groups in total. The molecule has 0 aliphatic heterocycles. The Morgan fingerprint density at radius 3 is 2.52 bits per heavy atom. The van der Waals surface area contributed by atoms with Crippen LogP contribution in [-0.4, -0.2) is 47.9 Å². The van der Waals surface area contributed by atoms with Crippen LogP contribution in [0.4, 0.5) is 0 Å². The normalized spacial score (nSPS) is 11.5. The average molecular weight is 480 g/mol. The van der Waals surface area contributed by atoms with Gasteiger partial charge in [-0.3, -0.25) is 14.4 Å². The van der Waals surface area contributed by atoms with Gasteiger partial charge in [-0.1, -0.05) is 36.4 Å². The van der Waals surface area contributed by atoms with Crippen molar-refractivity contribution in [3.8, 4) is 5.75 Å². The van der Waals surface area contributed by atoms with E-state index in [1.807, 2.05) is 30.3 Å². The number of hydrogen-bond donors (Lipinski definition) is 2. The lowest BCUT2D eigenvalue weighted by atomic mass is 10.0. The lowest BCUT2D eigenvalue weighted by Gasteiger charge is -2.16. The van der Waals surface area contributed by atoms with Gasteiger partial charge < -0.3 is 15.2 Å². The zero-order valence-corrected chi connectivity index (χ0v) is 18.3. The summed E-state index contributed by atoms with van der Waals surface area (Å²) >= 11 is 4.74. The number of methoxy groups -OCH3 is 1. The van der Waals surface area contributed by atoms with Crippen molar-refractivity contribution in [1.29, 1.82) is 0 Å². The molecule has 2 aromatic carbocycles. The Balaban J connectivity index is 2.00. The molecule has 2 rings (SSSR count). The summed E-state index contributed by atoms with van der Waals surface area (Å²) in [6, 6.07) is 14.7. The summed E-state index contributed by atoms with van der Waals surface area (Å²) in [7, 11) is 1.53. The minimum atomic E-state index is -1.09. The number of carbonyl (C=O) groups is 3. The zero-order chi connectivity index (χ0) is 21.2. The molecule has 0 saturated carbocycles. The maximum atomic E-state index is 12.6. The highest BCUT2D eigenvalue weighted by Crippen LogP contribution is 2.29. The Hall–Kier alpha value is -2.32. The maximum absolute atomic E-state index is 12.6. The summed E-state index contributed by atoms with van der Waals surface area (Å²) in [5.74, 6) is -0.776. The highest BCUT2D eigenvalue weighted by atomic mass is 79.9. The number of nitrogens with one attached hydrogen (secondary N) is 1. The third kappa shape index (κ3) is 7.21. The van der Waals surface area contributed by atoms with Crippen molar-refractivity contribution >= 4 is 45.4 Å². The van der Waals surface area contributed by atoms with Gasteiger partial charge in [0.05, 0.1) is 23.3 Å². The van der Waals surface area contributed by atoms with Crippen molar-refractivity contribution in [1.82, 2.24) is 5.32 Å². The van der Waals surface area contributed by atoms with Crippen LogP contribution >= 0.6 is 27.7 Å². The van der Waals surface area contributed by atoms with Crippen molar-refractivity contribution in [2.75, 3.05) is 25.2 Å². The van der Waals surface area contributed by atoms with E-state index in [2.05, 4.69) is 21.2 Å². The number of ketones is 1. The predicted molar refractivity (Wildman–Crippen MR) is 117 cm³/mol. The van der Waals surface area contributed by atoms with Crippen molar-refractivity contribution in [2.45, 2.75) is 6.42 Å². The van der Waals surface area contributed by atoms with Crippen LogP contribution in [0.1, 0.15) is 15.9 Å². The standard InChI is InChI=1S/C21H22BrNO5S/c1-28-18-9-5-8-16(20(18)22)17(24)13-29-12-15(21(27)23-11-19(25)26)10-14-6-3-2-4-7-14/h2-9,15H,10-13H2,1H3,(H,23,27)(H,25,26). The fraction of sp³-hybridized carbons (Fsp3) is 0.286. The molecule has 8 heteroatoms. The fourth-order valence-corrected chi connectivity index (χ4v) is 4.35. The molecular formula is C21H22BrNO5S. The number of carboxylic acids is 1. The summed E-state index contributed by atoms with van der Waals surface area (Å²) < 4.78 is 5.82. The molecule has 0 aliphatic carbocycles. The van der Waals surface area contributed by atoms with Gasteiger partial charge in [0.1, 0.15) is 12.3 Å². The molecule has 0 aliphatic rings. The number of benzene rings is 2. The Kier molecular flexibility index (Phi) is 9.21. The average Bonchev–Trinajstić information content (AvgIpc) is 2.72. The van der Waals surface area contributed by atoms with Crippen LogP contribution in [0.2, 0.25) is 0 Å². The monoisotopic (exact) mass is 479 g/mol. The van der Waals surface area contributed by atoms with Gasteiger partial charge in [0.25, 0.3) is 0 Å². The summed E-state index contributed by atoms with van der Waals surface area (Å²) in [4.78, 5) is 35.8. The molecule has 0 radical (unpaired) electrons. The van der Waals surface area contributed by atoms with E-state index in [0.29, 0.717) is 28.0 Å². The van der Waals surface area contributed by atoms with Crippen molar-refractivity contribution < 1.29 is 24.2 Å².